The van der Waals surface area contributed by atoms with Gasteiger partial charge in [-0.05, 0) is 30.2 Å². The lowest BCUT2D eigenvalue weighted by molar-refractivity contribution is 0.0985. The van der Waals surface area contributed by atoms with Gasteiger partial charge in [0.05, 0.1) is 12.2 Å². The summed E-state index contributed by atoms with van der Waals surface area (Å²) in [6.45, 7) is 2.95. The highest BCUT2D eigenvalue weighted by molar-refractivity contribution is 6.00. The summed E-state index contributed by atoms with van der Waals surface area (Å²) in [6, 6.07) is 15.3. The number of aryl methyl sites for hydroxylation is 1. The summed E-state index contributed by atoms with van der Waals surface area (Å²) >= 11 is 0. The molecule has 0 saturated carbocycles. The molecule has 21 heavy (non-hydrogen) atoms. The van der Waals surface area contributed by atoms with Crippen molar-refractivity contribution in [2.75, 3.05) is 20.3 Å². The van der Waals surface area contributed by atoms with Crippen molar-refractivity contribution in [3.05, 3.63) is 65.2 Å². The molecule has 0 heterocycles. The Morgan fingerprint density at radius 2 is 1.71 bits per heavy atom. The van der Waals surface area contributed by atoms with Gasteiger partial charge in [-0.25, -0.2) is 0 Å². The van der Waals surface area contributed by atoms with E-state index in [0.29, 0.717) is 30.9 Å². The zero-order valence-corrected chi connectivity index (χ0v) is 12.5. The molecule has 0 radical (unpaired) electrons. The van der Waals surface area contributed by atoms with Crippen molar-refractivity contribution >= 4 is 5.78 Å². The number of hydrogen-bond donors (Lipinski definition) is 0. The molecular weight excluding hydrogens is 264 g/mol. The Kier molecular flexibility index (Phi) is 5.52. The normalized spacial score (nSPS) is 10.4. The minimum Gasteiger partial charge on any atom is -0.490 e. The van der Waals surface area contributed by atoms with Crippen LogP contribution in [-0.4, -0.2) is 26.1 Å². The topological polar surface area (TPSA) is 35.5 Å². The van der Waals surface area contributed by atoms with Crippen LogP contribution in [0.2, 0.25) is 0 Å². The first kappa shape index (κ1) is 15.3. The molecule has 2 aromatic rings. The van der Waals surface area contributed by atoms with E-state index in [1.54, 1.807) is 7.11 Å². The Bertz CT molecular complexity index is 605. The van der Waals surface area contributed by atoms with E-state index >= 15 is 0 Å². The maximum absolute atomic E-state index is 12.5. The largest absolute Gasteiger partial charge is 0.490 e. The van der Waals surface area contributed by atoms with E-state index in [9.17, 15) is 4.79 Å². The van der Waals surface area contributed by atoms with Crippen molar-refractivity contribution in [2.45, 2.75) is 13.3 Å². The lowest BCUT2D eigenvalue weighted by Crippen LogP contribution is -2.10. The summed E-state index contributed by atoms with van der Waals surface area (Å²) in [5.74, 6) is 0.686. The monoisotopic (exact) mass is 284 g/mol. The first-order chi connectivity index (χ1) is 10.2. The van der Waals surface area contributed by atoms with Crippen molar-refractivity contribution in [3.63, 3.8) is 0 Å². The van der Waals surface area contributed by atoms with E-state index in [2.05, 4.69) is 0 Å². The van der Waals surface area contributed by atoms with Crippen LogP contribution < -0.4 is 4.74 Å². The van der Waals surface area contributed by atoms with Crippen molar-refractivity contribution in [1.29, 1.82) is 0 Å². The van der Waals surface area contributed by atoms with Crippen LogP contribution in [0.3, 0.4) is 0 Å². The molecule has 0 aliphatic carbocycles. The summed E-state index contributed by atoms with van der Waals surface area (Å²) in [5, 5.41) is 0. The summed E-state index contributed by atoms with van der Waals surface area (Å²) in [5.41, 5.74) is 2.80. The number of ketones is 1. The van der Waals surface area contributed by atoms with Crippen LogP contribution in [0, 0.1) is 6.92 Å². The molecule has 3 heteroatoms. The van der Waals surface area contributed by atoms with Gasteiger partial charge in [-0.15, -0.1) is 0 Å². The van der Waals surface area contributed by atoms with Crippen molar-refractivity contribution < 1.29 is 14.3 Å². The Balaban J connectivity index is 2.13. The van der Waals surface area contributed by atoms with Crippen LogP contribution in [-0.2, 0) is 11.2 Å². The predicted molar refractivity (Wildman–Crippen MR) is 83.0 cm³/mol. The maximum atomic E-state index is 12.5. The fourth-order valence-electron chi connectivity index (χ4n) is 2.13. The SMILES string of the molecule is COCCOc1ccccc1C(=O)Cc1ccccc1C. The Morgan fingerprint density at radius 1 is 1.00 bits per heavy atom. The molecule has 0 unspecified atom stereocenters. The molecule has 0 atom stereocenters. The number of carbonyl (C=O) groups is 1. The van der Waals surface area contributed by atoms with Crippen LogP contribution in [0.15, 0.2) is 48.5 Å². The van der Waals surface area contributed by atoms with Crippen LogP contribution in [0.5, 0.6) is 5.75 Å². The Labute approximate surface area is 125 Å². The average Bonchev–Trinajstić information content (AvgIpc) is 2.50. The van der Waals surface area contributed by atoms with Crippen LogP contribution in [0.4, 0.5) is 0 Å². The maximum Gasteiger partial charge on any atom is 0.170 e. The zero-order valence-electron chi connectivity index (χ0n) is 12.5. The van der Waals surface area contributed by atoms with E-state index in [0.717, 1.165) is 11.1 Å². The predicted octanol–water partition coefficient (Wildman–Crippen LogP) is 3.45. The van der Waals surface area contributed by atoms with E-state index in [1.165, 1.54) is 0 Å². The van der Waals surface area contributed by atoms with Gasteiger partial charge in [0.1, 0.15) is 12.4 Å². The van der Waals surface area contributed by atoms with E-state index < -0.39 is 0 Å². The second-order valence-corrected chi connectivity index (χ2v) is 4.86. The fourth-order valence-corrected chi connectivity index (χ4v) is 2.13. The summed E-state index contributed by atoms with van der Waals surface area (Å²) in [4.78, 5) is 12.5. The lowest BCUT2D eigenvalue weighted by atomic mass is 9.99. The number of Topliss-reactive ketones (excluding diaryl/α,β-unsaturated/α-hetero) is 1. The van der Waals surface area contributed by atoms with Crippen LogP contribution in [0.1, 0.15) is 21.5 Å². The number of ether oxygens (including phenoxy) is 2. The zero-order chi connectivity index (χ0) is 15.1. The standard InChI is InChI=1S/C18H20O3/c1-14-7-3-4-8-15(14)13-17(19)16-9-5-6-10-18(16)21-12-11-20-2/h3-10H,11-13H2,1-2H3. The third-order valence-electron chi connectivity index (χ3n) is 3.34. The molecule has 0 aliphatic rings. The van der Waals surface area contributed by atoms with Crippen LogP contribution >= 0.6 is 0 Å². The smallest absolute Gasteiger partial charge is 0.170 e. The van der Waals surface area contributed by atoms with E-state index in [-0.39, 0.29) is 5.78 Å². The van der Waals surface area contributed by atoms with Crippen molar-refractivity contribution in [3.8, 4) is 5.75 Å². The number of para-hydroxylation sites is 1. The number of rotatable bonds is 7. The highest BCUT2D eigenvalue weighted by Crippen LogP contribution is 2.21. The average molecular weight is 284 g/mol. The minimum atomic E-state index is 0.0670. The molecule has 2 aromatic carbocycles. The molecule has 0 aliphatic heterocycles. The van der Waals surface area contributed by atoms with Gasteiger partial charge in [-0.3, -0.25) is 4.79 Å². The minimum absolute atomic E-state index is 0.0670. The quantitative estimate of drug-likeness (QED) is 0.577. The molecule has 0 amide bonds. The second kappa shape index (κ2) is 7.60. The Morgan fingerprint density at radius 3 is 2.48 bits per heavy atom. The molecule has 2 rings (SSSR count). The first-order valence-corrected chi connectivity index (χ1v) is 7.01. The molecule has 0 bridgehead atoms. The van der Waals surface area contributed by atoms with Gasteiger partial charge in [-0.2, -0.15) is 0 Å². The molecular formula is C18H20O3. The second-order valence-electron chi connectivity index (χ2n) is 4.86. The van der Waals surface area contributed by atoms with Crippen molar-refractivity contribution in [1.82, 2.24) is 0 Å². The van der Waals surface area contributed by atoms with Gasteiger partial charge >= 0.3 is 0 Å². The third-order valence-corrected chi connectivity index (χ3v) is 3.34. The summed E-state index contributed by atoms with van der Waals surface area (Å²) < 4.78 is 10.6. The van der Waals surface area contributed by atoms with Gasteiger partial charge in [0.15, 0.2) is 5.78 Å². The molecule has 3 nitrogen and oxygen atoms in total. The fraction of sp³-hybridized carbons (Fsp3) is 0.278. The van der Waals surface area contributed by atoms with Gasteiger partial charge in [0, 0.05) is 13.5 Å². The van der Waals surface area contributed by atoms with E-state index in [1.807, 2.05) is 55.5 Å². The molecule has 0 spiro atoms. The molecule has 0 N–H and O–H groups in total. The summed E-state index contributed by atoms with van der Waals surface area (Å²) in [7, 11) is 1.62. The number of benzene rings is 2. The molecule has 110 valence electrons. The lowest BCUT2D eigenvalue weighted by Gasteiger charge is -2.11. The molecule has 0 aromatic heterocycles. The summed E-state index contributed by atoms with van der Waals surface area (Å²) in [6.07, 6.45) is 0.386. The number of carbonyl (C=O) groups excluding carboxylic acids is 1. The first-order valence-electron chi connectivity index (χ1n) is 7.01. The third kappa shape index (κ3) is 4.17. The highest BCUT2D eigenvalue weighted by atomic mass is 16.5. The van der Waals surface area contributed by atoms with Gasteiger partial charge < -0.3 is 9.47 Å². The van der Waals surface area contributed by atoms with Crippen molar-refractivity contribution in [2.24, 2.45) is 0 Å². The van der Waals surface area contributed by atoms with Gasteiger partial charge in [0.2, 0.25) is 0 Å². The Hall–Kier alpha value is -2.13. The molecule has 0 saturated heterocycles. The van der Waals surface area contributed by atoms with Gasteiger partial charge in [-0.1, -0.05) is 36.4 Å². The number of methoxy groups -OCH3 is 1. The molecule has 0 fully saturated rings. The van der Waals surface area contributed by atoms with Gasteiger partial charge in [0.25, 0.3) is 0 Å². The van der Waals surface area contributed by atoms with E-state index in [4.69, 9.17) is 9.47 Å². The highest BCUT2D eigenvalue weighted by Gasteiger charge is 2.13. The number of hydrogen-bond acceptors (Lipinski definition) is 3. The van der Waals surface area contributed by atoms with Crippen LogP contribution in [0.25, 0.3) is 0 Å².